The molecule has 2 aromatic heterocycles. The molecule has 0 aliphatic heterocycles. The van der Waals surface area contributed by atoms with Gasteiger partial charge in [-0.2, -0.15) is 0 Å². The highest BCUT2D eigenvalue weighted by atomic mass is 16.5. The molecule has 4 rings (SSSR count). The number of carbonyl (C=O) groups excluding carboxylic acids is 2. The van der Waals surface area contributed by atoms with Gasteiger partial charge in [0.2, 0.25) is 0 Å². The van der Waals surface area contributed by atoms with Crippen molar-refractivity contribution in [1.29, 1.82) is 0 Å². The van der Waals surface area contributed by atoms with Gasteiger partial charge in [0.1, 0.15) is 16.9 Å². The Hall–Kier alpha value is -3.78. The average Bonchev–Trinajstić information content (AvgIpc) is 3.02. The van der Waals surface area contributed by atoms with Crippen LogP contribution in [0.5, 0.6) is 0 Å². The number of carbonyl (C=O) groups is 2. The Morgan fingerprint density at radius 1 is 1.03 bits per heavy atom. The highest BCUT2D eigenvalue weighted by Gasteiger charge is 2.25. The summed E-state index contributed by atoms with van der Waals surface area (Å²) in [6.07, 6.45) is 0. The fourth-order valence-corrected chi connectivity index (χ4v) is 3.24. The Kier molecular flexibility index (Phi) is 4.69. The van der Waals surface area contributed by atoms with Crippen LogP contribution in [0.1, 0.15) is 27.6 Å². The van der Waals surface area contributed by atoms with Crippen LogP contribution in [-0.2, 0) is 4.74 Å². The van der Waals surface area contributed by atoms with E-state index in [-0.39, 0.29) is 30.3 Å². The molecule has 0 amide bonds. The van der Waals surface area contributed by atoms with Crippen LogP contribution in [-0.4, -0.2) is 39.4 Å². The first-order chi connectivity index (χ1) is 14.0. The van der Waals surface area contributed by atoms with Crippen molar-refractivity contribution >= 4 is 39.8 Å². The van der Waals surface area contributed by atoms with Gasteiger partial charge in [0.15, 0.2) is 11.4 Å². The van der Waals surface area contributed by atoms with Crippen molar-refractivity contribution in [3.63, 3.8) is 0 Å². The summed E-state index contributed by atoms with van der Waals surface area (Å²) in [5.74, 6) is -0.556. The molecule has 0 bridgehead atoms. The normalized spacial score (nSPS) is 11.1. The number of hydrogen-bond acceptors (Lipinski definition) is 7. The van der Waals surface area contributed by atoms with Crippen LogP contribution in [0.2, 0.25) is 0 Å². The summed E-state index contributed by atoms with van der Waals surface area (Å²) < 4.78 is 6.82. The van der Waals surface area contributed by atoms with Crippen molar-refractivity contribution < 1.29 is 14.3 Å². The molecule has 0 unspecified atom stereocenters. The van der Waals surface area contributed by atoms with Crippen molar-refractivity contribution in [2.24, 2.45) is 5.73 Å². The molecule has 0 saturated carbocycles. The fourth-order valence-electron chi connectivity index (χ4n) is 3.24. The Bertz CT molecular complexity index is 1240. The first-order valence-corrected chi connectivity index (χ1v) is 9.12. The minimum absolute atomic E-state index is 0.0710. The van der Waals surface area contributed by atoms with Gasteiger partial charge in [0.05, 0.1) is 24.2 Å². The summed E-state index contributed by atoms with van der Waals surface area (Å²) in [4.78, 5) is 33.7. The average molecular weight is 389 g/mol. The summed E-state index contributed by atoms with van der Waals surface area (Å²) in [5.41, 5.74) is 15.2. The minimum Gasteiger partial charge on any atom is -0.462 e. The maximum Gasteiger partial charge on any atom is 0.344 e. The number of hydrogen-bond donors (Lipinski definition) is 2. The summed E-state index contributed by atoms with van der Waals surface area (Å²) in [6, 6.07) is 14.1. The third-order valence-electron chi connectivity index (χ3n) is 4.61. The zero-order valence-electron chi connectivity index (χ0n) is 15.8. The molecular weight excluding hydrogens is 370 g/mol. The van der Waals surface area contributed by atoms with E-state index in [0.717, 1.165) is 0 Å². The lowest BCUT2D eigenvalue weighted by molar-refractivity contribution is 0.0529. The monoisotopic (exact) mass is 389 g/mol. The van der Waals surface area contributed by atoms with E-state index < -0.39 is 5.97 Å². The van der Waals surface area contributed by atoms with Crippen LogP contribution in [0.4, 0.5) is 5.82 Å². The van der Waals surface area contributed by atoms with Crippen LogP contribution < -0.4 is 11.5 Å². The zero-order valence-corrected chi connectivity index (χ0v) is 15.8. The Morgan fingerprint density at radius 2 is 1.69 bits per heavy atom. The number of esters is 1. The number of aromatic nitrogens is 3. The van der Waals surface area contributed by atoms with E-state index in [9.17, 15) is 9.59 Å². The first kappa shape index (κ1) is 18.6. The molecule has 4 N–H and O–H groups in total. The van der Waals surface area contributed by atoms with Gasteiger partial charge in [-0.15, -0.1) is 0 Å². The van der Waals surface area contributed by atoms with E-state index in [1.165, 1.54) is 0 Å². The van der Waals surface area contributed by atoms with Crippen molar-refractivity contribution in [2.45, 2.75) is 6.92 Å². The SMILES string of the molecule is CCOC(=O)c1c(N)n(-c2ccc(C(=O)CN)cc2)c2nc3ccccc3nc12. The third-order valence-corrected chi connectivity index (χ3v) is 4.61. The quantitative estimate of drug-likeness (QED) is 0.396. The van der Waals surface area contributed by atoms with Gasteiger partial charge in [-0.25, -0.2) is 14.8 Å². The Morgan fingerprint density at radius 3 is 2.31 bits per heavy atom. The van der Waals surface area contributed by atoms with Gasteiger partial charge < -0.3 is 16.2 Å². The molecule has 29 heavy (non-hydrogen) atoms. The molecule has 0 radical (unpaired) electrons. The smallest absolute Gasteiger partial charge is 0.344 e. The lowest BCUT2D eigenvalue weighted by atomic mass is 10.1. The predicted octanol–water partition coefficient (Wildman–Crippen LogP) is 2.47. The maximum atomic E-state index is 12.6. The molecule has 8 heteroatoms. The number of ether oxygens (including phenoxy) is 1. The second-order valence-electron chi connectivity index (χ2n) is 6.37. The van der Waals surface area contributed by atoms with E-state index in [1.54, 1.807) is 35.8 Å². The molecule has 0 atom stereocenters. The standard InChI is InChI=1S/C21H19N5O3/c1-2-29-21(28)17-18-20(25-15-6-4-3-5-14(15)24-18)26(19(17)23)13-9-7-12(8-10-13)16(27)11-22/h3-10H,2,11,22-23H2,1H3. The fraction of sp³-hybridized carbons (Fsp3) is 0.143. The van der Waals surface area contributed by atoms with E-state index in [0.29, 0.717) is 33.4 Å². The van der Waals surface area contributed by atoms with E-state index in [2.05, 4.69) is 9.97 Å². The first-order valence-electron chi connectivity index (χ1n) is 9.12. The lowest BCUT2D eigenvalue weighted by Gasteiger charge is -2.09. The number of nitrogens with zero attached hydrogens (tertiary/aromatic N) is 3. The molecule has 0 aliphatic rings. The van der Waals surface area contributed by atoms with Crippen LogP contribution in [0.25, 0.3) is 27.9 Å². The van der Waals surface area contributed by atoms with Crippen molar-refractivity contribution in [3.8, 4) is 5.69 Å². The second kappa shape index (κ2) is 7.33. The largest absolute Gasteiger partial charge is 0.462 e. The van der Waals surface area contributed by atoms with Crippen molar-refractivity contribution in [3.05, 3.63) is 59.7 Å². The summed E-state index contributed by atoms with van der Waals surface area (Å²) >= 11 is 0. The van der Waals surface area contributed by atoms with E-state index in [1.807, 2.05) is 24.3 Å². The van der Waals surface area contributed by atoms with Gasteiger partial charge in [-0.3, -0.25) is 9.36 Å². The molecular formula is C21H19N5O3. The second-order valence-corrected chi connectivity index (χ2v) is 6.37. The van der Waals surface area contributed by atoms with Crippen molar-refractivity contribution in [1.82, 2.24) is 14.5 Å². The number of anilines is 1. The third kappa shape index (κ3) is 3.09. The molecule has 0 spiro atoms. The Labute approximate surface area is 166 Å². The van der Waals surface area contributed by atoms with Gasteiger partial charge in [0.25, 0.3) is 0 Å². The number of para-hydroxylation sites is 2. The zero-order chi connectivity index (χ0) is 20.5. The number of benzene rings is 2. The van der Waals surface area contributed by atoms with Gasteiger partial charge in [0, 0.05) is 11.3 Å². The van der Waals surface area contributed by atoms with E-state index in [4.69, 9.17) is 16.2 Å². The number of nitrogens with two attached hydrogens (primary N) is 2. The highest BCUT2D eigenvalue weighted by molar-refractivity contribution is 6.09. The maximum absolute atomic E-state index is 12.6. The molecule has 4 aromatic rings. The molecule has 8 nitrogen and oxygen atoms in total. The molecule has 2 heterocycles. The molecule has 0 aliphatic carbocycles. The minimum atomic E-state index is -0.562. The van der Waals surface area contributed by atoms with Gasteiger partial charge in [-0.05, 0) is 43.3 Å². The van der Waals surface area contributed by atoms with Gasteiger partial charge >= 0.3 is 5.97 Å². The lowest BCUT2D eigenvalue weighted by Crippen LogP contribution is -2.13. The van der Waals surface area contributed by atoms with Crippen LogP contribution >= 0.6 is 0 Å². The summed E-state index contributed by atoms with van der Waals surface area (Å²) in [5, 5.41) is 0. The van der Waals surface area contributed by atoms with Gasteiger partial charge in [-0.1, -0.05) is 12.1 Å². The number of fused-ring (bicyclic) bond motifs is 2. The number of rotatable bonds is 5. The molecule has 2 aromatic carbocycles. The molecule has 146 valence electrons. The summed E-state index contributed by atoms with van der Waals surface area (Å²) in [6.45, 7) is 1.86. The predicted molar refractivity (Wildman–Crippen MR) is 110 cm³/mol. The Balaban J connectivity index is 1.99. The number of ketones is 1. The number of nitrogen functional groups attached to an aromatic ring is 1. The summed E-state index contributed by atoms with van der Waals surface area (Å²) in [7, 11) is 0. The highest BCUT2D eigenvalue weighted by Crippen LogP contribution is 2.31. The molecule has 0 fully saturated rings. The van der Waals surface area contributed by atoms with Crippen molar-refractivity contribution in [2.75, 3.05) is 18.9 Å². The van der Waals surface area contributed by atoms with Crippen LogP contribution in [0.15, 0.2) is 48.5 Å². The van der Waals surface area contributed by atoms with Crippen LogP contribution in [0.3, 0.4) is 0 Å². The molecule has 0 saturated heterocycles. The van der Waals surface area contributed by atoms with Crippen LogP contribution in [0, 0.1) is 0 Å². The van der Waals surface area contributed by atoms with E-state index >= 15 is 0 Å². The topological polar surface area (TPSA) is 126 Å². The number of Topliss-reactive ketones (excluding diaryl/α,β-unsaturated/α-hetero) is 1.